The molecule has 0 heterocycles. The fraction of sp³-hybridized carbons (Fsp3) is 0.625. The molecule has 1 aromatic carbocycles. The molecule has 0 aliphatic rings. The van der Waals surface area contributed by atoms with Crippen molar-refractivity contribution < 1.29 is 9.47 Å². The van der Waals surface area contributed by atoms with Crippen LogP contribution in [0.1, 0.15) is 19.4 Å². The Labute approximate surface area is 117 Å². The molecule has 1 unspecified atom stereocenters. The lowest BCUT2D eigenvalue weighted by molar-refractivity contribution is 0.196. The van der Waals surface area contributed by atoms with Crippen LogP contribution in [-0.2, 0) is 11.2 Å². The maximum atomic E-state index is 5.19. The Bertz CT molecular complexity index is 335. The van der Waals surface area contributed by atoms with Crippen LogP contribution in [-0.4, -0.2) is 33.9 Å². The molecule has 0 fully saturated rings. The highest BCUT2D eigenvalue weighted by Crippen LogP contribution is 2.19. The molecule has 1 aromatic rings. The van der Waals surface area contributed by atoms with Crippen LogP contribution in [0.5, 0.6) is 5.75 Å². The first kappa shape index (κ1) is 16.0. The van der Waals surface area contributed by atoms with Gasteiger partial charge in [0.05, 0.1) is 13.7 Å². The monoisotopic (exact) mass is 265 g/mol. The van der Waals surface area contributed by atoms with Crippen LogP contribution in [0.15, 0.2) is 24.3 Å². The molecular formula is C16H27NO2. The second-order valence-electron chi connectivity index (χ2n) is 5.25. The smallest absolute Gasteiger partial charge is 0.118 e. The number of hydrogen-bond donors (Lipinski definition) is 1. The summed E-state index contributed by atoms with van der Waals surface area (Å²) in [4.78, 5) is 0. The van der Waals surface area contributed by atoms with Crippen molar-refractivity contribution in [1.82, 2.24) is 5.32 Å². The van der Waals surface area contributed by atoms with E-state index in [-0.39, 0.29) is 0 Å². The van der Waals surface area contributed by atoms with Crippen molar-refractivity contribution in [3.05, 3.63) is 29.8 Å². The van der Waals surface area contributed by atoms with E-state index in [1.165, 1.54) is 5.56 Å². The number of benzene rings is 1. The molecule has 0 aromatic heterocycles. The summed E-state index contributed by atoms with van der Waals surface area (Å²) in [5.74, 6) is 2.23. The van der Waals surface area contributed by atoms with E-state index < -0.39 is 0 Å². The predicted octanol–water partition coefficient (Wildman–Crippen LogP) is 2.75. The van der Waals surface area contributed by atoms with Gasteiger partial charge < -0.3 is 14.8 Å². The lowest BCUT2D eigenvalue weighted by Gasteiger charge is -2.21. The standard InChI is InChI=1S/C16H27NO2/c1-13(2)15(12-17-9-10-18-3)11-14-5-7-16(19-4)8-6-14/h5-8,13,15,17H,9-12H2,1-4H3. The fourth-order valence-electron chi connectivity index (χ4n) is 2.07. The molecule has 1 N–H and O–H groups in total. The topological polar surface area (TPSA) is 30.5 Å². The zero-order valence-electron chi connectivity index (χ0n) is 12.6. The van der Waals surface area contributed by atoms with E-state index in [0.29, 0.717) is 11.8 Å². The van der Waals surface area contributed by atoms with Gasteiger partial charge in [-0.1, -0.05) is 26.0 Å². The Kier molecular flexibility index (Phi) is 7.53. The van der Waals surface area contributed by atoms with E-state index in [4.69, 9.17) is 9.47 Å². The van der Waals surface area contributed by atoms with Crippen LogP contribution in [0.3, 0.4) is 0 Å². The maximum absolute atomic E-state index is 5.19. The van der Waals surface area contributed by atoms with Crippen LogP contribution in [0, 0.1) is 11.8 Å². The molecule has 0 amide bonds. The first-order valence-electron chi connectivity index (χ1n) is 7.00. The van der Waals surface area contributed by atoms with E-state index in [1.54, 1.807) is 14.2 Å². The van der Waals surface area contributed by atoms with Crippen LogP contribution in [0.2, 0.25) is 0 Å². The van der Waals surface area contributed by atoms with Crippen molar-refractivity contribution in [3.63, 3.8) is 0 Å². The van der Waals surface area contributed by atoms with Crippen molar-refractivity contribution in [1.29, 1.82) is 0 Å². The van der Waals surface area contributed by atoms with Crippen molar-refractivity contribution in [2.45, 2.75) is 20.3 Å². The fourth-order valence-corrected chi connectivity index (χ4v) is 2.07. The predicted molar refractivity (Wildman–Crippen MR) is 79.8 cm³/mol. The van der Waals surface area contributed by atoms with Gasteiger partial charge in [-0.2, -0.15) is 0 Å². The average molecular weight is 265 g/mol. The number of rotatable bonds is 9. The van der Waals surface area contributed by atoms with Crippen LogP contribution < -0.4 is 10.1 Å². The molecule has 3 heteroatoms. The highest BCUT2D eigenvalue weighted by molar-refractivity contribution is 5.27. The number of ether oxygens (including phenoxy) is 2. The first-order chi connectivity index (χ1) is 9.17. The molecule has 3 nitrogen and oxygen atoms in total. The summed E-state index contributed by atoms with van der Waals surface area (Å²) in [6, 6.07) is 8.38. The summed E-state index contributed by atoms with van der Waals surface area (Å²) < 4.78 is 10.2. The number of hydrogen-bond acceptors (Lipinski definition) is 3. The molecule has 0 aliphatic carbocycles. The Morgan fingerprint density at radius 2 is 1.79 bits per heavy atom. The molecule has 0 radical (unpaired) electrons. The van der Waals surface area contributed by atoms with E-state index in [9.17, 15) is 0 Å². The Balaban J connectivity index is 2.47. The Hall–Kier alpha value is -1.06. The van der Waals surface area contributed by atoms with Gasteiger partial charge in [-0.3, -0.25) is 0 Å². The molecular weight excluding hydrogens is 238 g/mol. The second-order valence-corrected chi connectivity index (χ2v) is 5.25. The SMILES string of the molecule is COCCNCC(Cc1ccc(OC)cc1)C(C)C. The molecule has 0 aliphatic heterocycles. The highest BCUT2D eigenvalue weighted by atomic mass is 16.5. The molecule has 108 valence electrons. The van der Waals surface area contributed by atoms with Crippen LogP contribution in [0.25, 0.3) is 0 Å². The minimum atomic E-state index is 0.644. The van der Waals surface area contributed by atoms with E-state index >= 15 is 0 Å². The minimum absolute atomic E-state index is 0.644. The molecule has 1 rings (SSSR count). The van der Waals surface area contributed by atoms with Gasteiger partial charge in [-0.15, -0.1) is 0 Å². The van der Waals surface area contributed by atoms with Crippen LogP contribution in [0.4, 0.5) is 0 Å². The average Bonchev–Trinajstić information content (AvgIpc) is 2.42. The van der Waals surface area contributed by atoms with Gasteiger partial charge in [0.15, 0.2) is 0 Å². The van der Waals surface area contributed by atoms with Gasteiger partial charge in [0.1, 0.15) is 5.75 Å². The number of nitrogens with one attached hydrogen (secondary N) is 1. The van der Waals surface area contributed by atoms with E-state index in [1.807, 2.05) is 12.1 Å². The van der Waals surface area contributed by atoms with Crippen molar-refractivity contribution >= 4 is 0 Å². The first-order valence-corrected chi connectivity index (χ1v) is 7.00. The Morgan fingerprint density at radius 1 is 1.11 bits per heavy atom. The molecule has 19 heavy (non-hydrogen) atoms. The summed E-state index contributed by atoms with van der Waals surface area (Å²) in [5, 5.41) is 3.46. The summed E-state index contributed by atoms with van der Waals surface area (Å²) in [6.07, 6.45) is 1.10. The van der Waals surface area contributed by atoms with E-state index in [0.717, 1.165) is 31.9 Å². The van der Waals surface area contributed by atoms with Gasteiger partial charge in [-0.25, -0.2) is 0 Å². The lowest BCUT2D eigenvalue weighted by Crippen LogP contribution is -2.30. The van der Waals surface area contributed by atoms with E-state index in [2.05, 4.69) is 31.3 Å². The second kappa shape index (κ2) is 8.94. The molecule has 0 saturated carbocycles. The largest absolute Gasteiger partial charge is 0.497 e. The zero-order valence-corrected chi connectivity index (χ0v) is 12.6. The third kappa shape index (κ3) is 6.08. The van der Waals surface area contributed by atoms with Crippen molar-refractivity contribution in [2.24, 2.45) is 11.8 Å². The molecule has 0 spiro atoms. The third-order valence-electron chi connectivity index (χ3n) is 3.49. The highest BCUT2D eigenvalue weighted by Gasteiger charge is 2.13. The molecule has 0 saturated heterocycles. The molecule has 0 bridgehead atoms. The van der Waals surface area contributed by atoms with Crippen molar-refractivity contribution in [3.8, 4) is 5.75 Å². The van der Waals surface area contributed by atoms with Gasteiger partial charge in [0.25, 0.3) is 0 Å². The zero-order chi connectivity index (χ0) is 14.1. The lowest BCUT2D eigenvalue weighted by atomic mass is 9.89. The summed E-state index contributed by atoms with van der Waals surface area (Å²) in [6.45, 7) is 7.29. The van der Waals surface area contributed by atoms with Gasteiger partial charge in [0, 0.05) is 13.7 Å². The van der Waals surface area contributed by atoms with Gasteiger partial charge in [-0.05, 0) is 42.5 Å². The summed E-state index contributed by atoms with van der Waals surface area (Å²) in [5.41, 5.74) is 1.37. The van der Waals surface area contributed by atoms with Gasteiger partial charge in [0.2, 0.25) is 0 Å². The minimum Gasteiger partial charge on any atom is -0.497 e. The van der Waals surface area contributed by atoms with Crippen LogP contribution >= 0.6 is 0 Å². The Morgan fingerprint density at radius 3 is 2.32 bits per heavy atom. The molecule has 1 atom stereocenters. The third-order valence-corrected chi connectivity index (χ3v) is 3.49. The summed E-state index contributed by atoms with van der Waals surface area (Å²) >= 11 is 0. The number of methoxy groups -OCH3 is 2. The maximum Gasteiger partial charge on any atom is 0.118 e. The van der Waals surface area contributed by atoms with Crippen molar-refractivity contribution in [2.75, 3.05) is 33.9 Å². The quantitative estimate of drug-likeness (QED) is 0.696. The normalized spacial score (nSPS) is 12.7. The summed E-state index contributed by atoms with van der Waals surface area (Å²) in [7, 11) is 3.44. The van der Waals surface area contributed by atoms with Gasteiger partial charge >= 0.3 is 0 Å².